The molecule has 8 nitrogen and oxygen atoms in total. The van der Waals surface area contributed by atoms with Gasteiger partial charge < -0.3 is 19.2 Å². The topological polar surface area (TPSA) is 92.4 Å². The highest BCUT2D eigenvalue weighted by Crippen LogP contribution is 2.44. The van der Waals surface area contributed by atoms with Gasteiger partial charge in [-0.3, -0.25) is 9.71 Å². The normalized spacial score (nSPS) is 17.7. The van der Waals surface area contributed by atoms with Crippen LogP contribution in [0.25, 0.3) is 0 Å². The van der Waals surface area contributed by atoms with Gasteiger partial charge in [-0.15, -0.1) is 0 Å². The van der Waals surface area contributed by atoms with Crippen molar-refractivity contribution in [3.8, 4) is 0 Å². The lowest BCUT2D eigenvalue weighted by atomic mass is 9.96. The summed E-state index contributed by atoms with van der Waals surface area (Å²) in [7, 11) is -3.39. The van der Waals surface area contributed by atoms with Crippen LogP contribution in [0.4, 0.5) is 11.4 Å². The molecule has 1 aliphatic heterocycles. The largest absolute Gasteiger partial charge is 0.467 e. The van der Waals surface area contributed by atoms with Crippen LogP contribution in [0.15, 0.2) is 71.5 Å². The van der Waals surface area contributed by atoms with Crippen molar-refractivity contribution in [2.75, 3.05) is 15.9 Å². The quantitative estimate of drug-likeness (QED) is 0.322. The number of hydrogen-bond acceptors (Lipinski definition) is 5. The van der Waals surface area contributed by atoms with E-state index in [0.717, 1.165) is 45.9 Å². The summed E-state index contributed by atoms with van der Waals surface area (Å²) >= 11 is 5.87. The fourth-order valence-corrected chi connectivity index (χ4v) is 5.96. The number of nitrogens with zero attached hydrogens (tertiary/aromatic N) is 3. The highest BCUT2D eigenvalue weighted by atomic mass is 32.2. The molecule has 1 fully saturated rings. The molecule has 0 amide bonds. The fraction of sp³-hybridized carbons (Fsp3) is 0.259. The van der Waals surface area contributed by atoms with Crippen LogP contribution < -0.4 is 14.9 Å². The van der Waals surface area contributed by atoms with Crippen molar-refractivity contribution in [3.63, 3.8) is 0 Å². The van der Waals surface area contributed by atoms with Crippen molar-refractivity contribution in [1.29, 1.82) is 0 Å². The van der Waals surface area contributed by atoms with E-state index >= 15 is 0 Å². The zero-order chi connectivity index (χ0) is 26.3. The molecule has 192 valence electrons. The molecular formula is C27H29N5O3S2. The molecule has 1 aliphatic rings. The first-order chi connectivity index (χ1) is 17.6. The molecule has 1 saturated heterocycles. The summed E-state index contributed by atoms with van der Waals surface area (Å²) in [6.07, 6.45) is 4.62. The Kier molecular flexibility index (Phi) is 6.55. The molecule has 4 heterocycles. The second kappa shape index (κ2) is 9.68. The minimum atomic E-state index is -3.39. The Morgan fingerprint density at radius 3 is 2.57 bits per heavy atom. The number of rotatable bonds is 7. The summed E-state index contributed by atoms with van der Waals surface area (Å²) in [4.78, 5) is 6.75. The Balaban J connectivity index is 1.61. The highest BCUT2D eigenvalue weighted by molar-refractivity contribution is 7.92. The average molecular weight is 536 g/mol. The Labute approximate surface area is 222 Å². The highest BCUT2D eigenvalue weighted by Gasteiger charge is 2.42. The number of anilines is 2. The molecule has 0 radical (unpaired) electrons. The van der Waals surface area contributed by atoms with E-state index in [2.05, 4.69) is 44.4 Å². The number of nitrogens with one attached hydrogen (secondary N) is 2. The molecule has 10 heteroatoms. The molecule has 37 heavy (non-hydrogen) atoms. The summed E-state index contributed by atoms with van der Waals surface area (Å²) in [5.74, 6) is 0.885. The zero-order valence-corrected chi connectivity index (χ0v) is 22.7. The number of hydrogen-bond donors (Lipinski definition) is 2. The third-order valence-electron chi connectivity index (χ3n) is 6.71. The SMILES string of the molecule is Cc1cc(N2C(=S)NC(c3ccccn3)C2c2cc(C)n(Cc3ccco3)c2C)ccc1NS(C)(=O)=O. The number of sulfonamides is 1. The van der Waals surface area contributed by atoms with E-state index in [1.807, 2.05) is 49.4 Å². The lowest BCUT2D eigenvalue weighted by Crippen LogP contribution is -2.29. The molecule has 0 spiro atoms. The summed E-state index contributed by atoms with van der Waals surface area (Å²) in [5, 5.41) is 4.08. The van der Waals surface area contributed by atoms with Gasteiger partial charge in [0.25, 0.3) is 0 Å². The van der Waals surface area contributed by atoms with Gasteiger partial charge in [0.05, 0.1) is 42.5 Å². The lowest BCUT2D eigenvalue weighted by Gasteiger charge is -2.29. The van der Waals surface area contributed by atoms with Crippen molar-refractivity contribution < 1.29 is 12.8 Å². The summed E-state index contributed by atoms with van der Waals surface area (Å²) in [6.45, 7) is 6.72. The monoisotopic (exact) mass is 535 g/mol. The summed E-state index contributed by atoms with van der Waals surface area (Å²) < 4.78 is 34.0. The third kappa shape index (κ3) is 4.99. The molecular weight excluding hydrogens is 506 g/mol. The zero-order valence-electron chi connectivity index (χ0n) is 21.1. The van der Waals surface area contributed by atoms with E-state index in [4.69, 9.17) is 16.6 Å². The van der Waals surface area contributed by atoms with Gasteiger partial charge in [-0.1, -0.05) is 6.07 Å². The van der Waals surface area contributed by atoms with Crippen molar-refractivity contribution >= 4 is 38.7 Å². The first-order valence-electron chi connectivity index (χ1n) is 11.9. The standard InChI is InChI=1S/C27H29N5O3S2/c1-17-14-20(10-11-23(17)30-37(4,33)34)32-26(25(29-27(32)36)24-9-5-6-12-28-24)22-15-18(2)31(19(22)3)16-21-8-7-13-35-21/h5-15,25-26,30H,16H2,1-4H3,(H,29,36). The van der Waals surface area contributed by atoms with Crippen molar-refractivity contribution in [2.24, 2.45) is 0 Å². The van der Waals surface area contributed by atoms with Gasteiger partial charge in [0.2, 0.25) is 10.0 Å². The van der Waals surface area contributed by atoms with E-state index in [9.17, 15) is 8.42 Å². The van der Waals surface area contributed by atoms with Crippen molar-refractivity contribution in [2.45, 2.75) is 39.4 Å². The molecule has 0 aliphatic carbocycles. The molecule has 2 unspecified atom stereocenters. The smallest absolute Gasteiger partial charge is 0.229 e. The van der Waals surface area contributed by atoms with Gasteiger partial charge in [-0.2, -0.15) is 0 Å². The second-order valence-electron chi connectivity index (χ2n) is 9.36. The Bertz CT molecular complexity index is 1550. The first kappa shape index (κ1) is 25.0. The van der Waals surface area contributed by atoms with Crippen LogP contribution in [-0.4, -0.2) is 29.3 Å². The average Bonchev–Trinajstić information content (AvgIpc) is 3.55. The number of aryl methyl sites for hydroxylation is 2. The van der Waals surface area contributed by atoms with Crippen molar-refractivity contribution in [1.82, 2.24) is 14.9 Å². The Hall–Kier alpha value is -3.63. The number of furan rings is 1. The van der Waals surface area contributed by atoms with E-state index in [-0.39, 0.29) is 12.1 Å². The minimum absolute atomic E-state index is 0.174. The van der Waals surface area contributed by atoms with E-state index < -0.39 is 10.0 Å². The molecule has 0 saturated carbocycles. The molecule has 1 aromatic carbocycles. The maximum Gasteiger partial charge on any atom is 0.229 e. The predicted molar refractivity (Wildman–Crippen MR) is 149 cm³/mol. The summed E-state index contributed by atoms with van der Waals surface area (Å²) in [5.41, 5.74) is 6.46. The maximum atomic E-state index is 11.8. The third-order valence-corrected chi connectivity index (χ3v) is 7.61. The molecule has 4 aromatic rings. The second-order valence-corrected chi connectivity index (χ2v) is 11.5. The molecule has 0 bridgehead atoms. The van der Waals surface area contributed by atoms with Crippen LogP contribution in [0.2, 0.25) is 0 Å². The van der Waals surface area contributed by atoms with Crippen LogP contribution in [0.3, 0.4) is 0 Å². The van der Waals surface area contributed by atoms with Crippen molar-refractivity contribution in [3.05, 3.63) is 101 Å². The number of aromatic nitrogens is 2. The van der Waals surface area contributed by atoms with Crippen LogP contribution in [0.1, 0.15) is 46.1 Å². The van der Waals surface area contributed by atoms with Gasteiger partial charge in [-0.05, 0) is 92.6 Å². The van der Waals surface area contributed by atoms with E-state index in [1.54, 1.807) is 18.5 Å². The van der Waals surface area contributed by atoms with Gasteiger partial charge in [0.15, 0.2) is 5.11 Å². The fourth-order valence-electron chi connectivity index (χ4n) is 4.99. The predicted octanol–water partition coefficient (Wildman–Crippen LogP) is 5.00. The van der Waals surface area contributed by atoms with Gasteiger partial charge in [0.1, 0.15) is 5.76 Å². The lowest BCUT2D eigenvalue weighted by molar-refractivity contribution is 0.488. The number of thiocarbonyl (C=S) groups is 1. The Morgan fingerprint density at radius 1 is 1.11 bits per heavy atom. The molecule has 3 aromatic heterocycles. The maximum absolute atomic E-state index is 11.8. The van der Waals surface area contributed by atoms with Crippen LogP contribution in [0, 0.1) is 20.8 Å². The van der Waals surface area contributed by atoms with Crippen LogP contribution in [-0.2, 0) is 16.6 Å². The number of pyridine rings is 1. The number of benzene rings is 1. The minimum Gasteiger partial charge on any atom is -0.467 e. The molecule has 5 rings (SSSR count). The van der Waals surface area contributed by atoms with E-state index in [1.165, 1.54) is 0 Å². The Morgan fingerprint density at radius 2 is 1.92 bits per heavy atom. The van der Waals surface area contributed by atoms with E-state index in [0.29, 0.717) is 17.3 Å². The molecule has 2 N–H and O–H groups in total. The van der Waals surface area contributed by atoms with Gasteiger partial charge >= 0.3 is 0 Å². The first-order valence-corrected chi connectivity index (χ1v) is 14.2. The summed E-state index contributed by atoms with van der Waals surface area (Å²) in [6, 6.07) is 17.2. The van der Waals surface area contributed by atoms with Crippen LogP contribution >= 0.6 is 12.2 Å². The molecule has 2 atom stereocenters. The van der Waals surface area contributed by atoms with Gasteiger partial charge in [-0.25, -0.2) is 8.42 Å². The van der Waals surface area contributed by atoms with Crippen LogP contribution in [0.5, 0.6) is 0 Å². The van der Waals surface area contributed by atoms with Gasteiger partial charge in [0, 0.05) is 23.3 Å².